The maximum absolute atomic E-state index is 12.9. The minimum absolute atomic E-state index is 0.0790. The molecule has 446 valence electrons. The molecule has 1 unspecified atom stereocenters. The molecule has 0 aromatic carbocycles. The fraction of sp³-hybridized carbons (Fsp3) is 0.789. The third-order valence-corrected chi connectivity index (χ3v) is 14.7. The van der Waals surface area contributed by atoms with Crippen molar-refractivity contribution in [3.8, 4) is 0 Å². The minimum Gasteiger partial charge on any atom is -0.462 e. The Hall–Kier alpha value is -3.15. The van der Waals surface area contributed by atoms with E-state index >= 15 is 0 Å². The lowest BCUT2D eigenvalue weighted by molar-refractivity contribution is -0.167. The van der Waals surface area contributed by atoms with Gasteiger partial charge in [0.1, 0.15) is 13.2 Å². The molecule has 0 aliphatic heterocycles. The Bertz CT molecular complexity index is 1420. The molecule has 0 aliphatic carbocycles. The Morgan fingerprint density at radius 1 is 0.273 bits per heavy atom. The third kappa shape index (κ3) is 63.6. The highest BCUT2D eigenvalue weighted by Crippen LogP contribution is 2.18. The second-order valence-electron chi connectivity index (χ2n) is 22.4. The summed E-state index contributed by atoms with van der Waals surface area (Å²) < 4.78 is 16.9. The summed E-state index contributed by atoms with van der Waals surface area (Å²) in [5, 5.41) is 0. The van der Waals surface area contributed by atoms with Crippen LogP contribution < -0.4 is 0 Å². The highest BCUT2D eigenvalue weighted by molar-refractivity contribution is 5.71. The minimum atomic E-state index is -0.784. The lowest BCUT2D eigenvalue weighted by atomic mass is 10.0. The van der Waals surface area contributed by atoms with Crippen LogP contribution in [0.4, 0.5) is 0 Å². The number of rotatable bonds is 61. The van der Waals surface area contributed by atoms with Crippen LogP contribution in [0, 0.1) is 0 Å². The van der Waals surface area contributed by atoms with Crippen molar-refractivity contribution in [3.05, 3.63) is 72.9 Å². The Labute approximate surface area is 478 Å². The van der Waals surface area contributed by atoms with Gasteiger partial charge in [-0.25, -0.2) is 0 Å². The van der Waals surface area contributed by atoms with Gasteiger partial charge in [-0.3, -0.25) is 14.4 Å². The zero-order chi connectivity index (χ0) is 55.7. The summed E-state index contributed by atoms with van der Waals surface area (Å²) in [6.07, 6.45) is 84.8. The molecule has 0 bridgehead atoms. The normalized spacial score (nSPS) is 12.5. The molecule has 6 nitrogen and oxygen atoms in total. The molecule has 0 aromatic heterocycles. The first-order chi connectivity index (χ1) is 38.0. The van der Waals surface area contributed by atoms with Crippen molar-refractivity contribution in [3.63, 3.8) is 0 Å². The summed E-state index contributed by atoms with van der Waals surface area (Å²) in [7, 11) is 0. The van der Waals surface area contributed by atoms with Crippen LogP contribution in [-0.4, -0.2) is 37.2 Å². The van der Waals surface area contributed by atoms with Crippen molar-refractivity contribution < 1.29 is 28.6 Å². The van der Waals surface area contributed by atoms with E-state index in [0.29, 0.717) is 19.3 Å². The zero-order valence-electron chi connectivity index (χ0n) is 51.2. The molecular weight excluding hydrogens is 949 g/mol. The van der Waals surface area contributed by atoms with Gasteiger partial charge in [0.25, 0.3) is 0 Å². The van der Waals surface area contributed by atoms with Crippen molar-refractivity contribution in [2.24, 2.45) is 0 Å². The van der Waals surface area contributed by atoms with Gasteiger partial charge >= 0.3 is 17.9 Å². The molecule has 0 rings (SSSR count). The molecule has 1 atom stereocenters. The van der Waals surface area contributed by atoms with Gasteiger partial charge in [0, 0.05) is 19.3 Å². The van der Waals surface area contributed by atoms with E-state index in [0.717, 1.165) is 109 Å². The molecule has 0 amide bonds. The molecule has 0 aromatic rings. The Morgan fingerprint density at radius 2 is 0.506 bits per heavy atom. The first-order valence-corrected chi connectivity index (χ1v) is 33.4. The summed E-state index contributed by atoms with van der Waals surface area (Å²) in [6, 6.07) is 0. The number of carbonyl (C=O) groups is 3. The van der Waals surface area contributed by atoms with Crippen molar-refractivity contribution in [1.29, 1.82) is 0 Å². The summed E-state index contributed by atoms with van der Waals surface area (Å²) in [4.78, 5) is 38.4. The van der Waals surface area contributed by atoms with E-state index in [1.807, 2.05) is 0 Å². The van der Waals surface area contributed by atoms with Crippen LogP contribution in [0.3, 0.4) is 0 Å². The van der Waals surface area contributed by atoms with Crippen molar-refractivity contribution >= 4 is 17.9 Å². The topological polar surface area (TPSA) is 78.9 Å². The number of unbranched alkanes of at least 4 members (excludes halogenated alkanes) is 38. The van der Waals surface area contributed by atoms with Gasteiger partial charge in [-0.2, -0.15) is 0 Å². The molecule has 6 heteroatoms. The predicted octanol–water partition coefficient (Wildman–Crippen LogP) is 22.9. The number of hydrogen-bond donors (Lipinski definition) is 0. The smallest absolute Gasteiger partial charge is 0.306 e. The second kappa shape index (κ2) is 65.4. The van der Waals surface area contributed by atoms with Gasteiger partial charge in [-0.05, 0) is 70.6 Å². The molecule has 0 radical (unpaired) electrons. The lowest BCUT2D eigenvalue weighted by Crippen LogP contribution is -2.30. The van der Waals surface area contributed by atoms with Crippen LogP contribution in [-0.2, 0) is 28.6 Å². The molecule has 0 spiro atoms. The summed E-state index contributed by atoms with van der Waals surface area (Å²) >= 11 is 0. The van der Waals surface area contributed by atoms with Gasteiger partial charge in [-0.15, -0.1) is 0 Å². The van der Waals surface area contributed by atoms with E-state index in [9.17, 15) is 14.4 Å². The second-order valence-corrected chi connectivity index (χ2v) is 22.4. The van der Waals surface area contributed by atoms with Crippen molar-refractivity contribution in [1.82, 2.24) is 0 Å². The fourth-order valence-corrected chi connectivity index (χ4v) is 9.74. The van der Waals surface area contributed by atoms with E-state index in [2.05, 4.69) is 93.7 Å². The Balaban J connectivity index is 4.36. The molecule has 0 fully saturated rings. The van der Waals surface area contributed by atoms with E-state index in [1.165, 1.54) is 193 Å². The van der Waals surface area contributed by atoms with Gasteiger partial charge < -0.3 is 14.2 Å². The number of ether oxygens (including phenoxy) is 3. The molecule has 0 heterocycles. The lowest BCUT2D eigenvalue weighted by Gasteiger charge is -2.18. The van der Waals surface area contributed by atoms with Gasteiger partial charge in [0.2, 0.25) is 0 Å². The fourth-order valence-electron chi connectivity index (χ4n) is 9.74. The van der Waals surface area contributed by atoms with Gasteiger partial charge in [-0.1, -0.05) is 325 Å². The monoisotopic (exact) mass is 1070 g/mol. The zero-order valence-corrected chi connectivity index (χ0v) is 51.2. The maximum Gasteiger partial charge on any atom is 0.306 e. The Morgan fingerprint density at radius 3 is 0.792 bits per heavy atom. The van der Waals surface area contributed by atoms with E-state index in [-0.39, 0.29) is 31.1 Å². The van der Waals surface area contributed by atoms with Crippen LogP contribution in [0.5, 0.6) is 0 Å². The third-order valence-electron chi connectivity index (χ3n) is 14.7. The summed E-state index contributed by atoms with van der Waals surface area (Å²) in [5.74, 6) is -0.884. The van der Waals surface area contributed by atoms with Gasteiger partial charge in [0.15, 0.2) is 6.10 Å². The number of hydrogen-bond acceptors (Lipinski definition) is 6. The van der Waals surface area contributed by atoms with Crippen LogP contribution >= 0.6 is 0 Å². The van der Waals surface area contributed by atoms with Crippen molar-refractivity contribution in [2.75, 3.05) is 13.2 Å². The maximum atomic E-state index is 12.9. The molecule has 0 saturated carbocycles. The quantitative estimate of drug-likeness (QED) is 0.0261. The molecule has 0 aliphatic rings. The number of esters is 3. The standard InChI is InChI=1S/C71H126O6/c1-4-7-10-13-16-19-22-25-28-30-32-34-36-38-39-41-43-46-49-52-55-58-61-64-70(73)76-67-68(66-75-69(72)63-60-57-54-51-48-45-27-24-21-18-15-12-9-6-3)77-71(74)65-62-59-56-53-50-47-44-42-40-37-35-33-31-29-26-23-20-17-14-11-8-5-2/h7,10,16,19,25,28,32,34,38-39,43,46,68H,4-6,8-9,11-15,17-18,20-24,26-27,29-31,33,35-37,40-42,44-45,47-67H2,1-3H3/b10-7-,19-16-,28-25-,34-32-,39-38-,46-43-. The van der Waals surface area contributed by atoms with E-state index in [1.54, 1.807) is 0 Å². The summed E-state index contributed by atoms with van der Waals surface area (Å²) in [5.41, 5.74) is 0. The molecule has 77 heavy (non-hydrogen) atoms. The number of allylic oxidation sites excluding steroid dienone is 12. The van der Waals surface area contributed by atoms with E-state index in [4.69, 9.17) is 14.2 Å². The van der Waals surface area contributed by atoms with Crippen LogP contribution in [0.2, 0.25) is 0 Å². The first kappa shape index (κ1) is 73.8. The highest BCUT2D eigenvalue weighted by atomic mass is 16.6. The molecular formula is C71H126O6. The first-order valence-electron chi connectivity index (χ1n) is 33.4. The SMILES string of the molecule is CC/C=C\C/C=C\C/C=C\C/C=C\C/C=C\C/C=C\CCCCCCC(=O)OCC(COC(=O)CCCCCCCCCCCCCCCC)OC(=O)CCCCCCCCCCCCCCCCCCCCCCCC. The highest BCUT2D eigenvalue weighted by Gasteiger charge is 2.19. The van der Waals surface area contributed by atoms with Crippen LogP contribution in [0.25, 0.3) is 0 Å². The average molecular weight is 1080 g/mol. The predicted molar refractivity (Wildman–Crippen MR) is 335 cm³/mol. The molecule has 0 saturated heterocycles. The number of carbonyl (C=O) groups excluding carboxylic acids is 3. The average Bonchev–Trinajstić information content (AvgIpc) is 3.43. The van der Waals surface area contributed by atoms with E-state index < -0.39 is 6.10 Å². The van der Waals surface area contributed by atoms with Crippen LogP contribution in [0.15, 0.2) is 72.9 Å². The van der Waals surface area contributed by atoms with Gasteiger partial charge in [0.05, 0.1) is 0 Å². The summed E-state index contributed by atoms with van der Waals surface area (Å²) in [6.45, 7) is 6.56. The Kier molecular flexibility index (Phi) is 62.7. The molecule has 0 N–H and O–H groups in total. The van der Waals surface area contributed by atoms with Crippen LogP contribution in [0.1, 0.15) is 342 Å². The largest absolute Gasteiger partial charge is 0.462 e. The van der Waals surface area contributed by atoms with Crippen molar-refractivity contribution in [2.45, 2.75) is 348 Å².